The lowest BCUT2D eigenvalue weighted by Gasteiger charge is -2.03. The van der Waals surface area contributed by atoms with E-state index in [0.717, 1.165) is 22.5 Å². The van der Waals surface area contributed by atoms with Crippen molar-refractivity contribution in [2.75, 3.05) is 0 Å². The average Bonchev–Trinajstić information content (AvgIpc) is 2.89. The normalized spacial score (nSPS) is 10.6. The fourth-order valence-electron chi connectivity index (χ4n) is 1.94. The third-order valence-corrected chi connectivity index (χ3v) is 3.06. The number of aromatic amines is 2. The molecule has 0 aliphatic carbocycles. The van der Waals surface area contributed by atoms with Crippen LogP contribution in [-0.4, -0.2) is 15.0 Å². The van der Waals surface area contributed by atoms with Crippen LogP contribution in [0.5, 0.6) is 0 Å². The molecule has 1 aromatic carbocycles. The molecule has 0 aliphatic heterocycles. The summed E-state index contributed by atoms with van der Waals surface area (Å²) in [6, 6.07) is 10.0. The van der Waals surface area contributed by atoms with Gasteiger partial charge in [0.1, 0.15) is 10.5 Å². The largest absolute Gasteiger partial charge is 0.353 e. The van der Waals surface area contributed by atoms with Crippen molar-refractivity contribution in [3.63, 3.8) is 0 Å². The Kier molecular flexibility index (Phi) is 2.97. The predicted molar refractivity (Wildman–Crippen MR) is 74.6 cm³/mol. The summed E-state index contributed by atoms with van der Waals surface area (Å²) in [5.41, 5.74) is 3.45. The van der Waals surface area contributed by atoms with Gasteiger partial charge in [-0.15, -0.1) is 0 Å². The number of nitrogens with one attached hydrogen (secondary N) is 2. The van der Waals surface area contributed by atoms with E-state index in [0.29, 0.717) is 4.64 Å². The molecular weight excluding hydrogens is 261 g/mol. The minimum Gasteiger partial charge on any atom is -0.353 e. The molecule has 0 fully saturated rings. The first-order valence-corrected chi connectivity index (χ1v) is 6.13. The Morgan fingerprint density at radius 3 is 2.53 bits per heavy atom. The first kappa shape index (κ1) is 11.8. The van der Waals surface area contributed by atoms with E-state index in [2.05, 4.69) is 15.0 Å². The first-order chi connectivity index (χ1) is 9.24. The fourth-order valence-corrected chi connectivity index (χ4v) is 2.14. The zero-order valence-electron chi connectivity index (χ0n) is 9.85. The van der Waals surface area contributed by atoms with Crippen molar-refractivity contribution in [1.29, 1.82) is 0 Å². The number of aromatic nitrogens is 3. The van der Waals surface area contributed by atoms with E-state index < -0.39 is 0 Å². The van der Waals surface area contributed by atoms with Crippen molar-refractivity contribution in [3.05, 3.63) is 59.4 Å². The predicted octanol–water partition coefficient (Wildman–Crippen LogP) is 3.94. The molecule has 0 amide bonds. The molecule has 3 rings (SSSR count). The van der Waals surface area contributed by atoms with Crippen molar-refractivity contribution < 1.29 is 4.39 Å². The van der Waals surface area contributed by atoms with Gasteiger partial charge in [-0.25, -0.2) is 9.37 Å². The van der Waals surface area contributed by atoms with Crippen LogP contribution in [0.3, 0.4) is 0 Å². The highest BCUT2D eigenvalue weighted by Gasteiger charge is 2.10. The Hall–Kier alpha value is -2.27. The van der Waals surface area contributed by atoms with E-state index >= 15 is 0 Å². The second-order valence-electron chi connectivity index (χ2n) is 4.07. The topological polar surface area (TPSA) is 44.5 Å². The summed E-state index contributed by atoms with van der Waals surface area (Å²) in [5, 5.41) is 0. The first-order valence-electron chi connectivity index (χ1n) is 5.72. The minimum atomic E-state index is -0.257. The maximum Gasteiger partial charge on any atom is 0.123 e. The lowest BCUT2D eigenvalue weighted by molar-refractivity contribution is 0.628. The molecule has 0 saturated heterocycles. The second kappa shape index (κ2) is 4.78. The summed E-state index contributed by atoms with van der Waals surface area (Å²) < 4.78 is 13.6. The number of nitrogens with zero attached hydrogens (tertiary/aromatic N) is 1. The van der Waals surface area contributed by atoms with Crippen LogP contribution in [0.15, 0.2) is 48.9 Å². The summed E-state index contributed by atoms with van der Waals surface area (Å²) in [5.74, 6) is -0.257. The molecule has 3 nitrogen and oxygen atoms in total. The minimum absolute atomic E-state index is 0.257. The Balaban J connectivity index is 2.13. The second-order valence-corrected chi connectivity index (χ2v) is 4.51. The molecule has 0 radical (unpaired) electrons. The van der Waals surface area contributed by atoms with Crippen molar-refractivity contribution in [3.8, 4) is 22.5 Å². The third-order valence-electron chi connectivity index (χ3n) is 2.82. The zero-order valence-corrected chi connectivity index (χ0v) is 10.7. The molecule has 2 heterocycles. The number of benzene rings is 1. The number of hydrogen-bond donors (Lipinski definition) is 2. The van der Waals surface area contributed by atoms with E-state index in [4.69, 9.17) is 12.2 Å². The molecule has 3 aromatic rings. The number of halogens is 1. The molecule has 0 bridgehead atoms. The molecule has 0 saturated carbocycles. The SMILES string of the molecule is Fc1ccc(-c2[nH]cnc2-c2cc[nH]c(=S)c2)cc1. The Labute approximate surface area is 114 Å². The molecule has 2 N–H and O–H groups in total. The van der Waals surface area contributed by atoms with Gasteiger partial charge in [0.2, 0.25) is 0 Å². The highest BCUT2D eigenvalue weighted by atomic mass is 32.1. The van der Waals surface area contributed by atoms with E-state index in [1.807, 2.05) is 12.1 Å². The highest BCUT2D eigenvalue weighted by molar-refractivity contribution is 7.71. The zero-order chi connectivity index (χ0) is 13.2. The van der Waals surface area contributed by atoms with E-state index in [9.17, 15) is 4.39 Å². The van der Waals surface area contributed by atoms with Crippen molar-refractivity contribution in [2.24, 2.45) is 0 Å². The number of pyridine rings is 1. The van der Waals surface area contributed by atoms with E-state index in [1.165, 1.54) is 12.1 Å². The standard InChI is InChI=1S/C14H10FN3S/c15-11-3-1-9(2-4-11)13-14(18-8-17-13)10-5-6-16-12(19)7-10/h1-8H,(H,16,19)(H,17,18). The van der Waals surface area contributed by atoms with Crippen LogP contribution in [0.2, 0.25) is 0 Å². The number of H-pyrrole nitrogens is 2. The van der Waals surface area contributed by atoms with Crippen LogP contribution in [0.1, 0.15) is 0 Å². The van der Waals surface area contributed by atoms with Gasteiger partial charge in [0.25, 0.3) is 0 Å². The third kappa shape index (κ3) is 2.32. The Morgan fingerprint density at radius 2 is 1.79 bits per heavy atom. The van der Waals surface area contributed by atoms with Gasteiger partial charge in [-0.1, -0.05) is 12.2 Å². The van der Waals surface area contributed by atoms with Crippen molar-refractivity contribution >= 4 is 12.2 Å². The van der Waals surface area contributed by atoms with Crippen LogP contribution in [0.25, 0.3) is 22.5 Å². The quantitative estimate of drug-likeness (QED) is 0.693. The van der Waals surface area contributed by atoms with Crippen LogP contribution < -0.4 is 0 Å². The Bertz CT molecular complexity index is 759. The van der Waals surface area contributed by atoms with Gasteiger partial charge in [0, 0.05) is 17.3 Å². The van der Waals surface area contributed by atoms with Crippen LogP contribution >= 0.6 is 12.2 Å². The van der Waals surface area contributed by atoms with Crippen LogP contribution in [0.4, 0.5) is 4.39 Å². The average molecular weight is 271 g/mol. The number of rotatable bonds is 2. The number of imidazole rings is 1. The smallest absolute Gasteiger partial charge is 0.123 e. The molecule has 2 aromatic heterocycles. The molecule has 94 valence electrons. The lowest BCUT2D eigenvalue weighted by Crippen LogP contribution is -1.85. The van der Waals surface area contributed by atoms with Crippen molar-refractivity contribution in [1.82, 2.24) is 15.0 Å². The molecule has 0 aliphatic rings. The van der Waals surface area contributed by atoms with Gasteiger partial charge in [0.15, 0.2) is 0 Å². The molecule has 19 heavy (non-hydrogen) atoms. The van der Waals surface area contributed by atoms with Gasteiger partial charge in [-0.3, -0.25) is 0 Å². The summed E-state index contributed by atoms with van der Waals surface area (Å²) in [6.45, 7) is 0. The highest BCUT2D eigenvalue weighted by Crippen LogP contribution is 2.28. The number of hydrogen-bond acceptors (Lipinski definition) is 2. The van der Waals surface area contributed by atoms with Gasteiger partial charge >= 0.3 is 0 Å². The van der Waals surface area contributed by atoms with Gasteiger partial charge in [-0.2, -0.15) is 0 Å². The monoisotopic (exact) mass is 271 g/mol. The lowest BCUT2D eigenvalue weighted by atomic mass is 10.1. The van der Waals surface area contributed by atoms with E-state index in [1.54, 1.807) is 24.7 Å². The molecule has 0 spiro atoms. The summed E-state index contributed by atoms with van der Waals surface area (Å²) >= 11 is 5.11. The summed E-state index contributed by atoms with van der Waals surface area (Å²) in [7, 11) is 0. The molecule has 5 heteroatoms. The van der Waals surface area contributed by atoms with Gasteiger partial charge < -0.3 is 9.97 Å². The summed E-state index contributed by atoms with van der Waals surface area (Å²) in [6.07, 6.45) is 3.40. The van der Waals surface area contributed by atoms with Crippen LogP contribution in [-0.2, 0) is 0 Å². The Morgan fingerprint density at radius 1 is 1.00 bits per heavy atom. The van der Waals surface area contributed by atoms with Gasteiger partial charge in [-0.05, 0) is 36.4 Å². The molecule has 0 unspecified atom stereocenters. The fraction of sp³-hybridized carbons (Fsp3) is 0. The molecule has 0 atom stereocenters. The van der Waals surface area contributed by atoms with Crippen LogP contribution in [0, 0.1) is 10.5 Å². The maximum absolute atomic E-state index is 13.0. The van der Waals surface area contributed by atoms with Crippen molar-refractivity contribution in [2.45, 2.75) is 0 Å². The maximum atomic E-state index is 13.0. The van der Waals surface area contributed by atoms with Gasteiger partial charge in [0.05, 0.1) is 17.7 Å². The van der Waals surface area contributed by atoms with E-state index in [-0.39, 0.29) is 5.82 Å². The summed E-state index contributed by atoms with van der Waals surface area (Å²) in [4.78, 5) is 10.3. The molecular formula is C14H10FN3S.